The predicted molar refractivity (Wildman–Crippen MR) is 91.7 cm³/mol. The van der Waals surface area contributed by atoms with E-state index in [1.54, 1.807) is 6.07 Å². The van der Waals surface area contributed by atoms with E-state index in [1.165, 1.54) is 0 Å². The second-order valence-electron chi connectivity index (χ2n) is 5.49. The summed E-state index contributed by atoms with van der Waals surface area (Å²) in [6, 6.07) is 8.18. The number of fused-ring (bicyclic) bond motifs is 1. The number of aromatic nitrogens is 3. The molecule has 22 heavy (non-hydrogen) atoms. The highest BCUT2D eigenvalue weighted by Crippen LogP contribution is 2.39. The molecule has 1 fully saturated rings. The Morgan fingerprint density at radius 2 is 2.05 bits per heavy atom. The molecular weight excluding hydrogens is 412 g/mol. The molecule has 7 heteroatoms. The molecule has 0 spiro atoms. The van der Waals surface area contributed by atoms with Crippen LogP contribution in [0.15, 0.2) is 33.3 Å². The van der Waals surface area contributed by atoms with Gasteiger partial charge in [0.1, 0.15) is 4.60 Å². The van der Waals surface area contributed by atoms with Crippen molar-refractivity contribution in [3.8, 4) is 11.4 Å². The van der Waals surface area contributed by atoms with Gasteiger partial charge in [0, 0.05) is 15.9 Å². The third-order valence-electron chi connectivity index (χ3n) is 3.83. The summed E-state index contributed by atoms with van der Waals surface area (Å²) >= 11 is 6.86. The number of nitrogens with zero attached hydrogens (tertiary/aromatic N) is 2. The van der Waals surface area contributed by atoms with E-state index in [2.05, 4.69) is 41.9 Å². The molecule has 1 saturated carbocycles. The van der Waals surface area contributed by atoms with Gasteiger partial charge in [0.2, 0.25) is 0 Å². The van der Waals surface area contributed by atoms with Crippen molar-refractivity contribution in [2.24, 2.45) is 5.73 Å². The smallest absolute Gasteiger partial charge is 0.250 e. The van der Waals surface area contributed by atoms with Crippen LogP contribution in [0, 0.1) is 0 Å². The van der Waals surface area contributed by atoms with Crippen molar-refractivity contribution in [3.63, 3.8) is 0 Å². The van der Waals surface area contributed by atoms with Crippen LogP contribution in [0.3, 0.4) is 0 Å². The lowest BCUT2D eigenvalue weighted by atomic mass is 10.1. The number of carbonyl (C=O) groups excluding carboxylic acids is 1. The summed E-state index contributed by atoms with van der Waals surface area (Å²) in [5, 5.41) is 5.45. The zero-order valence-corrected chi connectivity index (χ0v) is 14.6. The van der Waals surface area contributed by atoms with Gasteiger partial charge in [0.05, 0.1) is 28.5 Å². The number of H-pyrrole nitrogens is 1. The van der Waals surface area contributed by atoms with Crippen molar-refractivity contribution >= 4 is 48.7 Å². The summed E-state index contributed by atoms with van der Waals surface area (Å²) < 4.78 is 3.67. The lowest BCUT2D eigenvalue weighted by Crippen LogP contribution is -2.11. The number of amides is 1. The highest BCUT2D eigenvalue weighted by Gasteiger charge is 2.28. The Labute approximate surface area is 143 Å². The number of benzene rings is 1. The summed E-state index contributed by atoms with van der Waals surface area (Å²) in [5.74, 6) is -0.448. The van der Waals surface area contributed by atoms with Crippen molar-refractivity contribution in [3.05, 3.63) is 38.9 Å². The Balaban J connectivity index is 1.93. The molecule has 0 bridgehead atoms. The average Bonchev–Trinajstić information content (AvgIpc) is 3.10. The molecule has 2 heterocycles. The van der Waals surface area contributed by atoms with Crippen LogP contribution in [0.4, 0.5) is 0 Å². The van der Waals surface area contributed by atoms with Crippen molar-refractivity contribution in [1.29, 1.82) is 0 Å². The van der Waals surface area contributed by atoms with Gasteiger partial charge in [-0.25, -0.2) is 0 Å². The van der Waals surface area contributed by atoms with Crippen LogP contribution in [-0.4, -0.2) is 20.7 Å². The Kier molecular flexibility index (Phi) is 3.16. The molecule has 3 aromatic rings. The zero-order chi connectivity index (χ0) is 15.4. The van der Waals surface area contributed by atoms with Gasteiger partial charge in [-0.2, -0.15) is 5.10 Å². The highest BCUT2D eigenvalue weighted by molar-refractivity contribution is 9.10. The third-order valence-corrected chi connectivity index (χ3v) is 4.68. The highest BCUT2D eigenvalue weighted by atomic mass is 79.9. The SMILES string of the molecule is NC(=O)c1cc(Br)cc2cc(-c3cc(Br)nn3C3CC3)[nH]c12. The number of nitrogens with two attached hydrogens (primary N) is 1. The predicted octanol–water partition coefficient (Wildman–Crippen LogP) is 3.99. The second kappa shape index (κ2) is 4.96. The largest absolute Gasteiger partial charge is 0.366 e. The molecule has 0 saturated heterocycles. The molecule has 3 N–H and O–H groups in total. The zero-order valence-electron chi connectivity index (χ0n) is 11.4. The van der Waals surface area contributed by atoms with E-state index in [1.807, 2.05) is 22.9 Å². The minimum atomic E-state index is -0.448. The van der Waals surface area contributed by atoms with E-state index in [0.29, 0.717) is 11.6 Å². The summed E-state index contributed by atoms with van der Waals surface area (Å²) in [7, 11) is 0. The maximum Gasteiger partial charge on any atom is 0.250 e. The number of primary amides is 1. The van der Waals surface area contributed by atoms with Crippen LogP contribution in [0.5, 0.6) is 0 Å². The van der Waals surface area contributed by atoms with Crippen LogP contribution in [-0.2, 0) is 0 Å². The van der Waals surface area contributed by atoms with E-state index in [0.717, 1.165) is 44.2 Å². The first-order valence-electron chi connectivity index (χ1n) is 6.90. The maximum atomic E-state index is 11.7. The van der Waals surface area contributed by atoms with Crippen LogP contribution >= 0.6 is 31.9 Å². The molecule has 5 nitrogen and oxygen atoms in total. The minimum absolute atomic E-state index is 0.448. The van der Waals surface area contributed by atoms with E-state index in [4.69, 9.17) is 5.73 Å². The number of nitrogens with one attached hydrogen (secondary N) is 1. The summed E-state index contributed by atoms with van der Waals surface area (Å²) in [6.45, 7) is 0. The van der Waals surface area contributed by atoms with Gasteiger partial charge >= 0.3 is 0 Å². The van der Waals surface area contributed by atoms with Gasteiger partial charge in [0.25, 0.3) is 5.91 Å². The topological polar surface area (TPSA) is 76.7 Å². The van der Waals surface area contributed by atoms with Gasteiger partial charge in [-0.1, -0.05) is 15.9 Å². The molecule has 1 aliphatic rings. The Morgan fingerprint density at radius 3 is 2.73 bits per heavy atom. The Morgan fingerprint density at radius 1 is 1.27 bits per heavy atom. The second-order valence-corrected chi connectivity index (χ2v) is 7.22. The van der Waals surface area contributed by atoms with E-state index >= 15 is 0 Å². The first-order valence-corrected chi connectivity index (χ1v) is 8.49. The van der Waals surface area contributed by atoms with Gasteiger partial charge in [-0.3, -0.25) is 9.48 Å². The minimum Gasteiger partial charge on any atom is -0.366 e. The number of halogens is 2. The first kappa shape index (κ1) is 14.0. The molecule has 112 valence electrons. The molecule has 0 unspecified atom stereocenters. The van der Waals surface area contributed by atoms with Gasteiger partial charge in [0.15, 0.2) is 0 Å². The van der Waals surface area contributed by atoms with E-state index < -0.39 is 5.91 Å². The first-order chi connectivity index (χ1) is 10.5. The Bertz CT molecular complexity index is 908. The van der Waals surface area contributed by atoms with Crippen molar-refractivity contribution < 1.29 is 4.79 Å². The molecule has 0 radical (unpaired) electrons. The third kappa shape index (κ3) is 2.28. The monoisotopic (exact) mass is 422 g/mol. The Hall–Kier alpha value is -1.60. The standard InChI is InChI=1S/C15H12Br2N4O/c16-8-3-7-4-11(19-14(7)10(5-8)15(18)22)12-6-13(17)20-21(12)9-1-2-9/h3-6,9,19H,1-2H2,(H2,18,22). The molecule has 1 aromatic carbocycles. The molecule has 2 aromatic heterocycles. The lowest BCUT2D eigenvalue weighted by molar-refractivity contribution is 0.100. The summed E-state index contributed by atoms with van der Waals surface area (Å²) in [5.41, 5.74) is 8.66. The number of carbonyl (C=O) groups is 1. The van der Waals surface area contributed by atoms with Crippen molar-refractivity contribution in [2.45, 2.75) is 18.9 Å². The van der Waals surface area contributed by atoms with E-state index in [9.17, 15) is 4.79 Å². The molecule has 1 aliphatic carbocycles. The number of hydrogen-bond acceptors (Lipinski definition) is 2. The molecule has 4 rings (SSSR count). The fourth-order valence-electron chi connectivity index (χ4n) is 2.70. The molecule has 1 amide bonds. The lowest BCUT2D eigenvalue weighted by Gasteiger charge is -2.03. The van der Waals surface area contributed by atoms with Crippen molar-refractivity contribution in [1.82, 2.24) is 14.8 Å². The number of hydrogen-bond donors (Lipinski definition) is 2. The van der Waals surface area contributed by atoms with Crippen LogP contribution in [0.2, 0.25) is 0 Å². The fourth-order valence-corrected chi connectivity index (χ4v) is 3.57. The van der Waals surface area contributed by atoms with Crippen LogP contribution in [0.25, 0.3) is 22.3 Å². The van der Waals surface area contributed by atoms with Gasteiger partial charge in [-0.05, 0) is 47.0 Å². The van der Waals surface area contributed by atoms with E-state index in [-0.39, 0.29) is 0 Å². The summed E-state index contributed by atoms with van der Waals surface area (Å²) in [6.07, 6.45) is 2.30. The average molecular weight is 424 g/mol. The quantitative estimate of drug-likeness (QED) is 0.668. The van der Waals surface area contributed by atoms with Crippen LogP contribution in [0.1, 0.15) is 29.2 Å². The van der Waals surface area contributed by atoms with Gasteiger partial charge in [-0.15, -0.1) is 0 Å². The maximum absolute atomic E-state index is 11.7. The normalized spacial score (nSPS) is 14.6. The van der Waals surface area contributed by atoms with Crippen LogP contribution < -0.4 is 5.73 Å². The van der Waals surface area contributed by atoms with Gasteiger partial charge < -0.3 is 10.7 Å². The molecular formula is C15H12Br2N4O. The fraction of sp³-hybridized carbons (Fsp3) is 0.200. The number of rotatable bonds is 3. The van der Waals surface area contributed by atoms with Crippen molar-refractivity contribution in [2.75, 3.05) is 0 Å². The molecule has 0 aliphatic heterocycles. The summed E-state index contributed by atoms with van der Waals surface area (Å²) in [4.78, 5) is 15.0. The molecule has 0 atom stereocenters. The number of aromatic amines is 1.